The summed E-state index contributed by atoms with van der Waals surface area (Å²) in [4.78, 5) is 24.2. The van der Waals surface area contributed by atoms with Gasteiger partial charge in [0.2, 0.25) is 5.91 Å². The van der Waals surface area contributed by atoms with Gasteiger partial charge in [0.1, 0.15) is 28.5 Å². The first-order valence-corrected chi connectivity index (χ1v) is 11.0. The zero-order chi connectivity index (χ0) is 22.5. The van der Waals surface area contributed by atoms with Gasteiger partial charge in [0, 0.05) is 49.8 Å². The van der Waals surface area contributed by atoms with Gasteiger partial charge in [-0.2, -0.15) is 4.98 Å². The largest absolute Gasteiger partial charge is 0.497 e. The number of ether oxygens (including phenoxy) is 2. The second-order valence-corrected chi connectivity index (χ2v) is 7.96. The minimum absolute atomic E-state index is 0.144. The molecule has 9 heteroatoms. The zero-order valence-corrected chi connectivity index (χ0v) is 18.8. The van der Waals surface area contributed by atoms with E-state index in [1.165, 1.54) is 12.8 Å². The Hall–Kier alpha value is -3.36. The Morgan fingerprint density at radius 2 is 1.75 bits per heavy atom. The lowest BCUT2D eigenvalue weighted by Gasteiger charge is -2.22. The zero-order valence-electron chi connectivity index (χ0n) is 18.8. The van der Waals surface area contributed by atoms with E-state index in [9.17, 15) is 4.79 Å². The molecule has 32 heavy (non-hydrogen) atoms. The summed E-state index contributed by atoms with van der Waals surface area (Å²) in [6.07, 6.45) is 5.36. The molecule has 1 aliphatic heterocycles. The van der Waals surface area contributed by atoms with Gasteiger partial charge in [0.25, 0.3) is 5.71 Å². The molecule has 3 aromatic rings. The van der Waals surface area contributed by atoms with E-state index in [-0.39, 0.29) is 12.3 Å². The molecule has 0 spiro atoms. The highest BCUT2D eigenvalue weighted by Crippen LogP contribution is 2.29. The first-order chi connectivity index (χ1) is 15.6. The number of carbonyl (C=O) groups is 1. The van der Waals surface area contributed by atoms with E-state index in [1.807, 2.05) is 6.92 Å². The Bertz CT molecular complexity index is 1070. The Kier molecular flexibility index (Phi) is 6.72. The lowest BCUT2D eigenvalue weighted by Crippen LogP contribution is -2.26. The number of carbonyl (C=O) groups excluding carboxylic acids is 1. The summed E-state index contributed by atoms with van der Waals surface area (Å²) in [5.41, 5.74) is 1.87. The number of aromatic nitrogens is 3. The lowest BCUT2D eigenvalue weighted by atomic mass is 10.2. The van der Waals surface area contributed by atoms with E-state index in [1.54, 1.807) is 32.4 Å². The third-order valence-corrected chi connectivity index (χ3v) is 5.65. The minimum Gasteiger partial charge on any atom is -0.497 e. The van der Waals surface area contributed by atoms with Gasteiger partial charge in [-0.1, -0.05) is 18.0 Å². The fourth-order valence-electron chi connectivity index (χ4n) is 3.96. The van der Waals surface area contributed by atoms with Crippen LogP contribution in [-0.4, -0.2) is 48.3 Å². The number of rotatable bonds is 7. The van der Waals surface area contributed by atoms with Gasteiger partial charge in [0.05, 0.1) is 19.9 Å². The van der Waals surface area contributed by atoms with Crippen LogP contribution in [0.2, 0.25) is 0 Å². The number of fused-ring (bicyclic) bond motifs is 1. The van der Waals surface area contributed by atoms with Gasteiger partial charge in [0.15, 0.2) is 0 Å². The van der Waals surface area contributed by atoms with E-state index < -0.39 is 0 Å². The van der Waals surface area contributed by atoms with Crippen molar-refractivity contribution in [3.05, 3.63) is 29.7 Å². The summed E-state index contributed by atoms with van der Waals surface area (Å²) in [6, 6.07) is 5.25. The molecule has 1 aromatic carbocycles. The molecular weight excluding hydrogens is 410 g/mol. The van der Waals surface area contributed by atoms with Gasteiger partial charge in [-0.25, -0.2) is 4.98 Å². The molecule has 1 amide bonds. The van der Waals surface area contributed by atoms with Crippen LogP contribution in [0.1, 0.15) is 43.6 Å². The van der Waals surface area contributed by atoms with Crippen molar-refractivity contribution in [3.63, 3.8) is 0 Å². The first kappa shape index (κ1) is 21.9. The quantitative estimate of drug-likeness (QED) is 0.591. The van der Waals surface area contributed by atoms with E-state index >= 15 is 0 Å². The maximum absolute atomic E-state index is 12.6. The SMILES string of the molecule is COc1cc(NC(=O)CCc2nc(N3CCCCCC3)c3c(C)noc3n2)cc(OC)c1. The van der Waals surface area contributed by atoms with Crippen molar-refractivity contribution >= 4 is 28.5 Å². The molecule has 4 rings (SSSR count). The van der Waals surface area contributed by atoms with Gasteiger partial charge >= 0.3 is 0 Å². The van der Waals surface area contributed by atoms with Crippen molar-refractivity contribution in [2.45, 2.75) is 45.4 Å². The van der Waals surface area contributed by atoms with Crippen LogP contribution in [0.15, 0.2) is 22.7 Å². The molecule has 0 bridgehead atoms. The van der Waals surface area contributed by atoms with E-state index in [0.29, 0.717) is 35.1 Å². The van der Waals surface area contributed by atoms with Gasteiger partial charge in [-0.05, 0) is 19.8 Å². The maximum Gasteiger partial charge on any atom is 0.263 e. The fourth-order valence-corrected chi connectivity index (χ4v) is 3.96. The van der Waals surface area contributed by atoms with Crippen LogP contribution >= 0.6 is 0 Å². The maximum atomic E-state index is 12.6. The Labute approximate surface area is 187 Å². The summed E-state index contributed by atoms with van der Waals surface area (Å²) in [7, 11) is 3.14. The van der Waals surface area contributed by atoms with E-state index in [2.05, 4.69) is 20.4 Å². The van der Waals surface area contributed by atoms with Crippen LogP contribution in [0.4, 0.5) is 11.5 Å². The second-order valence-electron chi connectivity index (χ2n) is 7.96. The molecule has 170 valence electrons. The van der Waals surface area contributed by atoms with Crippen molar-refractivity contribution in [2.24, 2.45) is 0 Å². The summed E-state index contributed by atoms with van der Waals surface area (Å²) in [5.74, 6) is 2.51. The molecule has 1 saturated heterocycles. The summed E-state index contributed by atoms with van der Waals surface area (Å²) >= 11 is 0. The number of nitrogens with one attached hydrogen (secondary N) is 1. The van der Waals surface area contributed by atoms with Crippen LogP contribution in [0.3, 0.4) is 0 Å². The third kappa shape index (κ3) is 4.92. The normalized spacial score (nSPS) is 14.3. The van der Waals surface area contributed by atoms with Crippen molar-refractivity contribution in [1.29, 1.82) is 0 Å². The number of aryl methyl sites for hydroxylation is 2. The van der Waals surface area contributed by atoms with Crippen LogP contribution in [0.5, 0.6) is 11.5 Å². The van der Waals surface area contributed by atoms with Gasteiger partial charge in [-0.15, -0.1) is 0 Å². The molecule has 1 fully saturated rings. The Morgan fingerprint density at radius 3 is 2.41 bits per heavy atom. The van der Waals surface area contributed by atoms with Gasteiger partial charge in [-0.3, -0.25) is 4.79 Å². The molecule has 0 atom stereocenters. The third-order valence-electron chi connectivity index (χ3n) is 5.65. The van der Waals surface area contributed by atoms with Crippen LogP contribution in [-0.2, 0) is 11.2 Å². The van der Waals surface area contributed by atoms with Crippen molar-refractivity contribution < 1.29 is 18.8 Å². The predicted molar refractivity (Wildman–Crippen MR) is 122 cm³/mol. The van der Waals surface area contributed by atoms with Crippen LogP contribution < -0.4 is 19.7 Å². The van der Waals surface area contributed by atoms with Gasteiger partial charge < -0.3 is 24.2 Å². The number of hydrogen-bond donors (Lipinski definition) is 1. The summed E-state index contributed by atoms with van der Waals surface area (Å²) in [6.45, 7) is 3.81. The average Bonchev–Trinajstić information content (AvgIpc) is 3.00. The first-order valence-electron chi connectivity index (χ1n) is 11.0. The molecule has 0 radical (unpaired) electrons. The highest BCUT2D eigenvalue weighted by molar-refractivity contribution is 5.91. The van der Waals surface area contributed by atoms with Crippen molar-refractivity contribution in [2.75, 3.05) is 37.5 Å². The fraction of sp³-hybridized carbons (Fsp3) is 0.478. The molecule has 0 unspecified atom stereocenters. The number of hydrogen-bond acceptors (Lipinski definition) is 8. The number of anilines is 2. The number of benzene rings is 1. The number of amides is 1. The van der Waals surface area contributed by atoms with E-state index in [0.717, 1.165) is 42.8 Å². The molecular formula is C23H29N5O4. The molecule has 0 aliphatic carbocycles. The molecule has 1 aliphatic rings. The molecule has 1 N–H and O–H groups in total. The van der Waals surface area contributed by atoms with Crippen LogP contribution in [0, 0.1) is 6.92 Å². The average molecular weight is 440 g/mol. The van der Waals surface area contributed by atoms with E-state index in [4.69, 9.17) is 19.0 Å². The highest BCUT2D eigenvalue weighted by Gasteiger charge is 2.21. The topological polar surface area (TPSA) is 103 Å². The summed E-state index contributed by atoms with van der Waals surface area (Å²) < 4.78 is 16.0. The highest BCUT2D eigenvalue weighted by atomic mass is 16.5. The van der Waals surface area contributed by atoms with Crippen molar-refractivity contribution in [1.82, 2.24) is 15.1 Å². The Morgan fingerprint density at radius 1 is 1.06 bits per heavy atom. The second kappa shape index (κ2) is 9.84. The molecule has 9 nitrogen and oxygen atoms in total. The Balaban J connectivity index is 1.50. The lowest BCUT2D eigenvalue weighted by molar-refractivity contribution is -0.116. The number of methoxy groups -OCH3 is 2. The minimum atomic E-state index is -0.144. The predicted octanol–water partition coefficient (Wildman–Crippen LogP) is 3.90. The van der Waals surface area contributed by atoms with Crippen LogP contribution in [0.25, 0.3) is 11.1 Å². The molecule has 2 aromatic heterocycles. The molecule has 0 saturated carbocycles. The number of nitrogens with zero attached hydrogens (tertiary/aromatic N) is 4. The smallest absolute Gasteiger partial charge is 0.263 e. The molecule has 3 heterocycles. The monoisotopic (exact) mass is 439 g/mol. The summed E-state index contributed by atoms with van der Waals surface area (Å²) in [5, 5.41) is 7.85. The standard InChI is InChI=1S/C23H29N5O4/c1-15-21-22(28-10-6-4-5-7-11-28)25-19(26-23(21)32-27-15)8-9-20(29)24-16-12-17(30-2)14-18(13-16)31-3/h12-14H,4-11H2,1-3H3,(H,24,29). The van der Waals surface area contributed by atoms with Crippen molar-refractivity contribution in [3.8, 4) is 11.5 Å².